The van der Waals surface area contributed by atoms with Crippen LogP contribution in [-0.2, 0) is 10.2 Å². The van der Waals surface area contributed by atoms with E-state index in [1.54, 1.807) is 12.4 Å². The molecule has 1 aromatic heterocycles. The van der Waals surface area contributed by atoms with Gasteiger partial charge in [-0.15, -0.1) is 0 Å². The van der Waals surface area contributed by atoms with Gasteiger partial charge in [-0.3, -0.25) is 4.98 Å². The predicted octanol–water partition coefficient (Wildman–Crippen LogP) is 1.25. The van der Waals surface area contributed by atoms with E-state index in [0.29, 0.717) is 19.0 Å². The second-order valence-corrected chi connectivity index (χ2v) is 8.00. The zero-order chi connectivity index (χ0) is 16.2. The van der Waals surface area contributed by atoms with E-state index >= 15 is 0 Å². The lowest BCUT2D eigenvalue weighted by Crippen LogP contribution is -2.51. The van der Waals surface area contributed by atoms with Crippen LogP contribution in [0, 0.1) is 5.92 Å². The molecule has 22 heavy (non-hydrogen) atoms. The SMILES string of the molecule is CC(C)C[C@@H](NS(=O)(=O)N1CCN(C)CC1)c1cccnc1. The van der Waals surface area contributed by atoms with Crippen molar-refractivity contribution in [1.29, 1.82) is 0 Å². The van der Waals surface area contributed by atoms with E-state index in [4.69, 9.17) is 0 Å². The smallest absolute Gasteiger partial charge is 0.280 e. The van der Waals surface area contributed by atoms with Crippen molar-refractivity contribution in [2.24, 2.45) is 5.92 Å². The number of hydrogen-bond donors (Lipinski definition) is 1. The van der Waals surface area contributed by atoms with Gasteiger partial charge < -0.3 is 4.90 Å². The van der Waals surface area contributed by atoms with Gasteiger partial charge in [0.05, 0.1) is 0 Å². The fourth-order valence-electron chi connectivity index (χ4n) is 2.59. The Balaban J connectivity index is 2.12. The molecule has 1 atom stereocenters. The molecule has 0 unspecified atom stereocenters. The highest BCUT2D eigenvalue weighted by Gasteiger charge is 2.28. The van der Waals surface area contributed by atoms with Crippen molar-refractivity contribution in [3.8, 4) is 0 Å². The molecule has 6 nitrogen and oxygen atoms in total. The van der Waals surface area contributed by atoms with Crippen LogP contribution in [0.5, 0.6) is 0 Å². The quantitative estimate of drug-likeness (QED) is 0.854. The van der Waals surface area contributed by atoms with Crippen molar-refractivity contribution in [3.63, 3.8) is 0 Å². The zero-order valence-electron chi connectivity index (χ0n) is 13.6. The summed E-state index contributed by atoms with van der Waals surface area (Å²) in [4.78, 5) is 6.25. The van der Waals surface area contributed by atoms with Crippen LogP contribution in [0.15, 0.2) is 24.5 Å². The molecule has 2 rings (SSSR count). The Morgan fingerprint density at radius 2 is 1.95 bits per heavy atom. The first-order valence-electron chi connectivity index (χ1n) is 7.74. The number of nitrogens with zero attached hydrogens (tertiary/aromatic N) is 3. The van der Waals surface area contributed by atoms with Gasteiger partial charge in [0, 0.05) is 44.6 Å². The van der Waals surface area contributed by atoms with Crippen molar-refractivity contribution in [3.05, 3.63) is 30.1 Å². The van der Waals surface area contributed by atoms with E-state index in [2.05, 4.69) is 28.5 Å². The van der Waals surface area contributed by atoms with Gasteiger partial charge in [-0.05, 0) is 31.0 Å². The first-order chi connectivity index (χ1) is 10.4. The van der Waals surface area contributed by atoms with Gasteiger partial charge in [0.1, 0.15) is 0 Å². The average molecular weight is 326 g/mol. The predicted molar refractivity (Wildman–Crippen MR) is 87.6 cm³/mol. The Bertz CT molecular complexity index is 554. The summed E-state index contributed by atoms with van der Waals surface area (Å²) in [6.07, 6.45) is 4.18. The molecule has 1 N–H and O–H groups in total. The van der Waals surface area contributed by atoms with Crippen LogP contribution < -0.4 is 4.72 Å². The minimum Gasteiger partial charge on any atom is -0.304 e. The van der Waals surface area contributed by atoms with Gasteiger partial charge in [0.25, 0.3) is 10.2 Å². The highest BCUT2D eigenvalue weighted by molar-refractivity contribution is 7.87. The molecule has 1 fully saturated rings. The van der Waals surface area contributed by atoms with Crippen LogP contribution in [0.4, 0.5) is 0 Å². The number of pyridine rings is 1. The summed E-state index contributed by atoms with van der Waals surface area (Å²) in [5.74, 6) is 0.389. The molecule has 124 valence electrons. The van der Waals surface area contributed by atoms with Crippen LogP contribution >= 0.6 is 0 Å². The van der Waals surface area contributed by atoms with E-state index in [9.17, 15) is 8.42 Å². The lowest BCUT2D eigenvalue weighted by atomic mass is 9.99. The molecule has 1 aliphatic heterocycles. The van der Waals surface area contributed by atoms with Crippen LogP contribution in [0.3, 0.4) is 0 Å². The molecular weight excluding hydrogens is 300 g/mol. The molecule has 7 heteroatoms. The van der Waals surface area contributed by atoms with Crippen LogP contribution in [-0.4, -0.2) is 55.8 Å². The number of aromatic nitrogens is 1. The van der Waals surface area contributed by atoms with E-state index in [-0.39, 0.29) is 6.04 Å². The first kappa shape index (κ1) is 17.3. The molecule has 0 bridgehead atoms. The van der Waals surface area contributed by atoms with Crippen molar-refractivity contribution < 1.29 is 8.42 Å². The molecule has 0 aliphatic carbocycles. The van der Waals surface area contributed by atoms with Crippen molar-refractivity contribution in [2.45, 2.75) is 26.3 Å². The third-order valence-electron chi connectivity index (χ3n) is 3.89. The third-order valence-corrected chi connectivity index (χ3v) is 5.51. The Morgan fingerprint density at radius 1 is 1.27 bits per heavy atom. The second kappa shape index (κ2) is 7.50. The highest BCUT2D eigenvalue weighted by atomic mass is 32.2. The van der Waals surface area contributed by atoms with Gasteiger partial charge in [0.15, 0.2) is 0 Å². The molecular formula is C15H26N4O2S. The summed E-state index contributed by atoms with van der Waals surface area (Å²) in [5, 5.41) is 0. The van der Waals surface area contributed by atoms with Gasteiger partial charge >= 0.3 is 0 Å². The van der Waals surface area contributed by atoms with Gasteiger partial charge in [0.2, 0.25) is 0 Å². The van der Waals surface area contributed by atoms with Gasteiger partial charge in [-0.1, -0.05) is 19.9 Å². The molecule has 0 aromatic carbocycles. The summed E-state index contributed by atoms with van der Waals surface area (Å²) in [5.41, 5.74) is 0.911. The minimum absolute atomic E-state index is 0.238. The number of hydrogen-bond acceptors (Lipinski definition) is 4. The number of rotatable bonds is 6. The molecule has 0 amide bonds. The Kier molecular flexibility index (Phi) is 5.91. The topological polar surface area (TPSA) is 65.5 Å². The fraction of sp³-hybridized carbons (Fsp3) is 0.667. The van der Waals surface area contributed by atoms with Gasteiger partial charge in [-0.25, -0.2) is 0 Å². The summed E-state index contributed by atoms with van der Waals surface area (Å²) in [6.45, 7) is 6.78. The minimum atomic E-state index is -3.47. The number of likely N-dealkylation sites (N-methyl/N-ethyl adjacent to an activating group) is 1. The molecule has 0 radical (unpaired) electrons. The molecule has 2 heterocycles. The zero-order valence-corrected chi connectivity index (χ0v) is 14.4. The molecule has 0 spiro atoms. The van der Waals surface area contributed by atoms with Crippen LogP contribution in [0.1, 0.15) is 31.9 Å². The standard InChI is InChI=1S/C15H26N4O2S/c1-13(2)11-15(14-5-4-6-16-12-14)17-22(20,21)19-9-7-18(3)8-10-19/h4-6,12-13,15,17H,7-11H2,1-3H3/t15-/m1/s1. The lowest BCUT2D eigenvalue weighted by molar-refractivity contribution is 0.219. The normalized spacial score (nSPS) is 19.5. The van der Waals surface area contributed by atoms with E-state index in [1.165, 1.54) is 4.31 Å². The molecule has 0 saturated carbocycles. The Hall–Kier alpha value is -1.02. The average Bonchev–Trinajstić information content (AvgIpc) is 2.47. The maximum absolute atomic E-state index is 12.6. The first-order valence-corrected chi connectivity index (χ1v) is 9.18. The van der Waals surface area contributed by atoms with E-state index in [0.717, 1.165) is 25.1 Å². The van der Waals surface area contributed by atoms with Crippen molar-refractivity contribution in [2.75, 3.05) is 33.2 Å². The summed E-state index contributed by atoms with van der Waals surface area (Å²) >= 11 is 0. The maximum Gasteiger partial charge on any atom is 0.280 e. The van der Waals surface area contributed by atoms with Gasteiger partial charge in [-0.2, -0.15) is 17.4 Å². The number of piperazine rings is 1. The van der Waals surface area contributed by atoms with E-state index in [1.807, 2.05) is 19.2 Å². The molecule has 1 aliphatic rings. The largest absolute Gasteiger partial charge is 0.304 e. The number of nitrogens with one attached hydrogen (secondary N) is 1. The summed E-state index contributed by atoms with van der Waals surface area (Å²) < 4.78 is 29.7. The maximum atomic E-state index is 12.6. The summed E-state index contributed by atoms with van der Waals surface area (Å²) in [6, 6.07) is 3.53. The van der Waals surface area contributed by atoms with Crippen molar-refractivity contribution >= 4 is 10.2 Å². The van der Waals surface area contributed by atoms with E-state index < -0.39 is 10.2 Å². The molecule has 1 saturated heterocycles. The lowest BCUT2D eigenvalue weighted by Gasteiger charge is -2.33. The second-order valence-electron chi connectivity index (χ2n) is 6.29. The monoisotopic (exact) mass is 326 g/mol. The summed E-state index contributed by atoms with van der Waals surface area (Å²) in [7, 11) is -1.46. The van der Waals surface area contributed by atoms with Crippen molar-refractivity contribution in [1.82, 2.24) is 18.9 Å². The Morgan fingerprint density at radius 3 is 2.50 bits per heavy atom. The van der Waals surface area contributed by atoms with Crippen LogP contribution in [0.2, 0.25) is 0 Å². The highest BCUT2D eigenvalue weighted by Crippen LogP contribution is 2.22. The third kappa shape index (κ3) is 4.74. The fourth-order valence-corrected chi connectivity index (χ4v) is 3.97. The van der Waals surface area contributed by atoms with Crippen LogP contribution in [0.25, 0.3) is 0 Å². The molecule has 1 aromatic rings. The Labute approximate surface area is 133 Å².